The molecule has 0 radical (unpaired) electrons. The number of rotatable bonds is 16. The summed E-state index contributed by atoms with van der Waals surface area (Å²) < 4.78 is 175. The zero-order valence-corrected chi connectivity index (χ0v) is 31.4. The molecule has 0 bridgehead atoms. The van der Waals surface area contributed by atoms with E-state index in [1.54, 1.807) is 0 Å². The van der Waals surface area contributed by atoms with Crippen LogP contribution >= 0.6 is 11.6 Å². The molecule has 300 valence electrons. The second-order valence-corrected chi connectivity index (χ2v) is 17.3. The number of nitrogens with one attached hydrogen (secondary N) is 2. The van der Waals surface area contributed by atoms with E-state index in [4.69, 9.17) is 26.6 Å². The molecule has 0 aliphatic carbocycles. The van der Waals surface area contributed by atoms with Crippen LogP contribution < -0.4 is 16.4 Å². The SMILES string of the molecule is Nc1c(S(=O)(=O)O)cc2cc(S(=O)(=O)O)cc(O)c2c1N=Nc1cc(S(=O)(=O)O)c(Nc2nc(Cl)nc(NCCOCCOS(=O)(=O)O)n2)cc1S(=O)(=O)O. The number of fused-ring (bicyclic) bond motifs is 1. The topological polar surface area (TPSA) is 424 Å². The summed E-state index contributed by atoms with van der Waals surface area (Å²) in [5.74, 6) is -1.91. The first-order chi connectivity index (χ1) is 25.1. The molecular formula is C23H23ClN8O18S5. The number of hydrogen-bond donors (Lipinski definition) is 9. The van der Waals surface area contributed by atoms with Gasteiger partial charge in [-0.1, -0.05) is 0 Å². The molecule has 0 fully saturated rings. The highest BCUT2D eigenvalue weighted by molar-refractivity contribution is 7.87. The van der Waals surface area contributed by atoms with E-state index in [9.17, 15) is 65.4 Å². The summed E-state index contributed by atoms with van der Waals surface area (Å²) in [6.07, 6.45) is 0. The number of azo groups is 1. The molecule has 0 atom stereocenters. The van der Waals surface area contributed by atoms with Gasteiger partial charge in [-0.3, -0.25) is 22.8 Å². The van der Waals surface area contributed by atoms with Crippen LogP contribution in [0, 0.1) is 0 Å². The summed E-state index contributed by atoms with van der Waals surface area (Å²) in [7, 11) is -25.7. The maximum atomic E-state index is 12.5. The molecule has 0 saturated carbocycles. The highest BCUT2D eigenvalue weighted by atomic mass is 35.5. The van der Waals surface area contributed by atoms with Gasteiger partial charge >= 0.3 is 10.4 Å². The predicted molar refractivity (Wildman–Crippen MR) is 185 cm³/mol. The van der Waals surface area contributed by atoms with E-state index in [-0.39, 0.29) is 25.7 Å². The van der Waals surface area contributed by atoms with Crippen LogP contribution in [0.2, 0.25) is 5.28 Å². The van der Waals surface area contributed by atoms with E-state index in [2.05, 4.69) is 40.0 Å². The van der Waals surface area contributed by atoms with Crippen LogP contribution in [0.1, 0.15) is 0 Å². The van der Waals surface area contributed by atoms with Gasteiger partial charge in [0.05, 0.1) is 41.5 Å². The maximum absolute atomic E-state index is 12.5. The standard InChI is InChI=1S/C23H23ClN8O18S5/c24-21-28-22(26-1-2-49-3-4-50-55(46,47)48)30-23(29-21)27-12-8-16(53(40,41)42)13(9-15(12)52(37,38)39)31-32-20-18-10(6-17(19(20)25)54(43,44)45)5-11(7-14(18)33)51(34,35)36/h5-9,33H,1-4,25H2,(H,34,35,36)(H,37,38,39)(H,40,41,42)(H,43,44,45)(H,46,47,48)(H2,26,27,28,29,30). The number of nitrogen functional groups attached to an aromatic ring is 1. The highest BCUT2D eigenvalue weighted by Gasteiger charge is 2.27. The molecule has 0 aliphatic rings. The Hall–Kier alpha value is -4.51. The number of nitrogens with two attached hydrogens (primary N) is 1. The molecule has 0 amide bonds. The maximum Gasteiger partial charge on any atom is 0.397 e. The summed E-state index contributed by atoms with van der Waals surface area (Å²) >= 11 is 5.91. The van der Waals surface area contributed by atoms with Crippen LogP contribution in [0.3, 0.4) is 0 Å². The fourth-order valence-electron chi connectivity index (χ4n) is 4.32. The molecule has 4 aromatic rings. The van der Waals surface area contributed by atoms with Gasteiger partial charge in [0.1, 0.15) is 31.8 Å². The van der Waals surface area contributed by atoms with Crippen molar-refractivity contribution >= 4 is 108 Å². The van der Waals surface area contributed by atoms with Crippen LogP contribution in [-0.4, -0.2) is 111 Å². The van der Waals surface area contributed by atoms with Crippen molar-refractivity contribution in [1.82, 2.24) is 15.0 Å². The smallest absolute Gasteiger partial charge is 0.397 e. The first kappa shape index (κ1) is 43.2. The van der Waals surface area contributed by atoms with Crippen LogP contribution in [0.25, 0.3) is 10.8 Å². The van der Waals surface area contributed by atoms with E-state index < -0.39 is 128 Å². The van der Waals surface area contributed by atoms with E-state index in [0.717, 1.165) is 0 Å². The van der Waals surface area contributed by atoms with Gasteiger partial charge < -0.3 is 26.2 Å². The molecule has 26 nitrogen and oxygen atoms in total. The number of halogens is 1. The van der Waals surface area contributed by atoms with Gasteiger partial charge in [0.15, 0.2) is 0 Å². The number of phenols is 1. The Kier molecular flexibility index (Phi) is 12.5. The number of nitrogens with zero attached hydrogens (tertiary/aromatic N) is 5. The number of ether oxygens (including phenoxy) is 1. The van der Waals surface area contributed by atoms with Crippen LogP contribution in [-0.2, 0) is 59.8 Å². The molecule has 1 aromatic heterocycles. The average Bonchev–Trinajstić information content (AvgIpc) is 3.01. The summed E-state index contributed by atoms with van der Waals surface area (Å²) in [5, 5.41) is 21.0. The number of phenolic OH excluding ortho intramolecular Hbond substituents is 1. The Labute approximate surface area is 314 Å². The summed E-state index contributed by atoms with van der Waals surface area (Å²) in [4.78, 5) is 6.83. The third-order valence-corrected chi connectivity index (χ3v) is 10.6. The number of aromatic hydroxyl groups is 1. The second kappa shape index (κ2) is 15.9. The van der Waals surface area contributed by atoms with Crippen LogP contribution in [0.5, 0.6) is 5.75 Å². The molecule has 10 N–H and O–H groups in total. The Morgan fingerprint density at radius 2 is 1.33 bits per heavy atom. The summed E-state index contributed by atoms with van der Waals surface area (Å²) in [6.45, 7) is -0.963. The van der Waals surface area contributed by atoms with E-state index >= 15 is 0 Å². The monoisotopic (exact) mass is 894 g/mol. The number of aromatic nitrogens is 3. The van der Waals surface area contributed by atoms with Crippen molar-refractivity contribution < 1.29 is 78.9 Å². The van der Waals surface area contributed by atoms with Crippen molar-refractivity contribution in [2.75, 3.05) is 42.7 Å². The van der Waals surface area contributed by atoms with Crippen molar-refractivity contribution in [3.8, 4) is 5.75 Å². The predicted octanol–water partition coefficient (Wildman–Crippen LogP) is 1.36. The average molecular weight is 895 g/mol. The molecule has 0 spiro atoms. The highest BCUT2D eigenvalue weighted by Crippen LogP contribution is 2.44. The van der Waals surface area contributed by atoms with E-state index in [0.29, 0.717) is 30.3 Å². The van der Waals surface area contributed by atoms with Gasteiger partial charge in [-0.15, -0.1) is 10.2 Å². The van der Waals surface area contributed by atoms with Crippen molar-refractivity contribution in [2.24, 2.45) is 10.2 Å². The molecule has 55 heavy (non-hydrogen) atoms. The van der Waals surface area contributed by atoms with Gasteiger partial charge in [-0.2, -0.15) is 57.0 Å². The Morgan fingerprint density at radius 1 is 0.709 bits per heavy atom. The Bertz CT molecular complexity index is 2790. The fourth-order valence-corrected chi connectivity index (χ4v) is 7.23. The minimum absolute atomic E-state index is 0.0685. The van der Waals surface area contributed by atoms with Crippen molar-refractivity contribution in [2.45, 2.75) is 19.6 Å². The van der Waals surface area contributed by atoms with Gasteiger partial charge in [-0.25, -0.2) is 4.18 Å². The van der Waals surface area contributed by atoms with Crippen molar-refractivity contribution in [1.29, 1.82) is 0 Å². The Balaban J connectivity index is 1.79. The number of anilines is 4. The first-order valence-corrected chi connectivity index (χ1v) is 21.4. The third kappa shape index (κ3) is 11.3. The van der Waals surface area contributed by atoms with E-state index in [1.165, 1.54) is 0 Å². The zero-order chi connectivity index (χ0) is 41.3. The second-order valence-electron chi connectivity index (χ2n) is 10.3. The third-order valence-electron chi connectivity index (χ3n) is 6.46. The van der Waals surface area contributed by atoms with Crippen LogP contribution in [0.4, 0.5) is 34.6 Å². The molecular weight excluding hydrogens is 872 g/mol. The lowest BCUT2D eigenvalue weighted by atomic mass is 10.1. The Morgan fingerprint density at radius 3 is 1.91 bits per heavy atom. The van der Waals surface area contributed by atoms with Gasteiger partial charge in [0.25, 0.3) is 40.5 Å². The molecule has 0 unspecified atom stereocenters. The van der Waals surface area contributed by atoms with Gasteiger partial charge in [0.2, 0.25) is 17.2 Å². The molecule has 32 heteroatoms. The summed E-state index contributed by atoms with van der Waals surface area (Å²) in [5.41, 5.74) is 2.08. The minimum atomic E-state index is -5.42. The van der Waals surface area contributed by atoms with Gasteiger partial charge in [0, 0.05) is 12.6 Å². The first-order valence-electron chi connectivity index (χ1n) is 13.9. The molecule has 1 heterocycles. The lowest BCUT2D eigenvalue weighted by molar-refractivity contribution is 0.104. The molecule has 4 rings (SSSR count). The van der Waals surface area contributed by atoms with Crippen LogP contribution in [0.15, 0.2) is 60.1 Å². The fraction of sp³-hybridized carbons (Fsp3) is 0.174. The molecule has 0 saturated heterocycles. The number of hydrogen-bond acceptors (Lipinski definition) is 21. The molecule has 3 aromatic carbocycles. The summed E-state index contributed by atoms with van der Waals surface area (Å²) in [6, 6.07) is 2.45. The lowest BCUT2D eigenvalue weighted by Gasteiger charge is -2.14. The largest absolute Gasteiger partial charge is 0.507 e. The molecule has 0 aliphatic heterocycles. The van der Waals surface area contributed by atoms with Crippen molar-refractivity contribution in [3.63, 3.8) is 0 Å². The normalized spacial score (nSPS) is 13.1. The van der Waals surface area contributed by atoms with E-state index in [1.807, 2.05) is 0 Å². The minimum Gasteiger partial charge on any atom is -0.507 e. The number of benzene rings is 3. The quantitative estimate of drug-likeness (QED) is 0.0332. The van der Waals surface area contributed by atoms with Crippen molar-refractivity contribution in [3.05, 3.63) is 35.6 Å². The lowest BCUT2D eigenvalue weighted by Crippen LogP contribution is -2.16. The zero-order valence-electron chi connectivity index (χ0n) is 26.5. The van der Waals surface area contributed by atoms with Gasteiger partial charge in [-0.05, 0) is 41.3 Å².